The predicted octanol–water partition coefficient (Wildman–Crippen LogP) is 2.48. The Hall–Kier alpha value is -0.610. The third-order valence-electron chi connectivity index (χ3n) is 2.90. The van der Waals surface area contributed by atoms with Gasteiger partial charge in [-0.15, -0.1) is 0 Å². The molecule has 98 valence electrons. The largest absolute Gasteiger partial charge is 0.375 e. The molecule has 0 aromatic heterocycles. The van der Waals surface area contributed by atoms with Gasteiger partial charge in [0.15, 0.2) is 0 Å². The van der Waals surface area contributed by atoms with E-state index in [0.29, 0.717) is 28.6 Å². The van der Waals surface area contributed by atoms with Crippen LogP contribution in [-0.4, -0.2) is 31.6 Å². The van der Waals surface area contributed by atoms with E-state index in [9.17, 15) is 4.79 Å². The van der Waals surface area contributed by atoms with Gasteiger partial charge >= 0.3 is 0 Å². The molecule has 5 heteroatoms. The van der Waals surface area contributed by atoms with E-state index in [-0.39, 0.29) is 18.3 Å². The highest BCUT2D eigenvalue weighted by Gasteiger charge is 2.18. The number of ketones is 1. The van der Waals surface area contributed by atoms with Gasteiger partial charge in [0.05, 0.1) is 12.7 Å². The van der Waals surface area contributed by atoms with Crippen molar-refractivity contribution in [2.45, 2.75) is 18.9 Å². The van der Waals surface area contributed by atoms with E-state index >= 15 is 0 Å². The van der Waals surface area contributed by atoms with Crippen molar-refractivity contribution in [2.24, 2.45) is 0 Å². The first-order chi connectivity index (χ1) is 8.66. The molecule has 1 unspecified atom stereocenters. The molecule has 0 radical (unpaired) electrons. The average Bonchev–Trinajstić information content (AvgIpc) is 2.35. The number of benzene rings is 1. The van der Waals surface area contributed by atoms with Gasteiger partial charge in [-0.2, -0.15) is 0 Å². The molecular weight excluding hydrogens is 273 g/mol. The number of Topliss-reactive ketones (excluding diaryl/α,β-unsaturated/α-hetero) is 1. The van der Waals surface area contributed by atoms with Crippen LogP contribution < -0.4 is 5.32 Å². The van der Waals surface area contributed by atoms with Crippen LogP contribution in [-0.2, 0) is 16.0 Å². The molecule has 1 heterocycles. The van der Waals surface area contributed by atoms with E-state index in [4.69, 9.17) is 27.9 Å². The molecule has 0 bridgehead atoms. The first-order valence-electron chi connectivity index (χ1n) is 5.93. The molecular formula is C13H15Cl2NO2. The monoisotopic (exact) mass is 287 g/mol. The molecule has 1 aromatic rings. The minimum atomic E-state index is -0.0347. The normalized spacial score (nSPS) is 19.8. The lowest BCUT2D eigenvalue weighted by atomic mass is 10.0. The summed E-state index contributed by atoms with van der Waals surface area (Å²) in [4.78, 5) is 12.0. The van der Waals surface area contributed by atoms with Crippen LogP contribution in [0.3, 0.4) is 0 Å². The Bertz CT molecular complexity index is 411. The highest BCUT2D eigenvalue weighted by Crippen LogP contribution is 2.25. The van der Waals surface area contributed by atoms with Crippen LogP contribution in [0.2, 0.25) is 10.0 Å². The minimum absolute atomic E-state index is 0.0347. The summed E-state index contributed by atoms with van der Waals surface area (Å²) >= 11 is 12.1. The van der Waals surface area contributed by atoms with Gasteiger partial charge in [0.1, 0.15) is 5.78 Å². The topological polar surface area (TPSA) is 38.3 Å². The number of rotatable bonds is 4. The summed E-state index contributed by atoms with van der Waals surface area (Å²) in [5, 5.41) is 4.28. The quantitative estimate of drug-likeness (QED) is 0.925. The second kappa shape index (κ2) is 6.53. The highest BCUT2D eigenvalue weighted by atomic mass is 35.5. The van der Waals surface area contributed by atoms with Gasteiger partial charge < -0.3 is 10.1 Å². The Labute approximate surface area is 116 Å². The molecule has 0 spiro atoms. The second-order valence-electron chi connectivity index (χ2n) is 4.32. The zero-order valence-electron chi connectivity index (χ0n) is 9.92. The van der Waals surface area contributed by atoms with Crippen molar-refractivity contribution in [3.63, 3.8) is 0 Å². The summed E-state index contributed by atoms with van der Waals surface area (Å²) in [6.45, 7) is 2.23. The van der Waals surface area contributed by atoms with E-state index in [1.165, 1.54) is 0 Å². The molecule has 3 nitrogen and oxygen atoms in total. The fourth-order valence-corrected chi connectivity index (χ4v) is 2.51. The van der Waals surface area contributed by atoms with E-state index in [1.807, 2.05) is 0 Å². The lowest BCUT2D eigenvalue weighted by Gasteiger charge is -2.23. The number of ether oxygens (including phenoxy) is 1. The van der Waals surface area contributed by atoms with Crippen LogP contribution in [0.15, 0.2) is 18.2 Å². The maximum Gasteiger partial charge on any atom is 0.140 e. The number of hydrogen-bond acceptors (Lipinski definition) is 3. The molecule has 1 N–H and O–H groups in total. The lowest BCUT2D eigenvalue weighted by Crippen LogP contribution is -2.39. The Morgan fingerprint density at radius 1 is 1.39 bits per heavy atom. The molecule has 1 fully saturated rings. The van der Waals surface area contributed by atoms with Crippen molar-refractivity contribution in [3.8, 4) is 0 Å². The third kappa shape index (κ3) is 3.69. The van der Waals surface area contributed by atoms with Crippen molar-refractivity contribution in [3.05, 3.63) is 33.8 Å². The molecule has 18 heavy (non-hydrogen) atoms. The summed E-state index contributed by atoms with van der Waals surface area (Å²) < 4.78 is 5.50. The van der Waals surface area contributed by atoms with Crippen molar-refractivity contribution in [1.29, 1.82) is 0 Å². The third-order valence-corrected chi connectivity index (χ3v) is 3.60. The van der Waals surface area contributed by atoms with Gasteiger partial charge in [-0.05, 0) is 17.7 Å². The van der Waals surface area contributed by atoms with Gasteiger partial charge in [-0.3, -0.25) is 4.79 Å². The maximum atomic E-state index is 12.0. The van der Waals surface area contributed by atoms with Crippen LogP contribution in [0.4, 0.5) is 0 Å². The summed E-state index contributed by atoms with van der Waals surface area (Å²) in [7, 11) is 0. The number of morpholine rings is 1. The van der Waals surface area contributed by atoms with Crippen molar-refractivity contribution >= 4 is 29.0 Å². The number of hydrogen-bond donors (Lipinski definition) is 1. The standard InChI is InChI=1S/C13H15Cl2NO2/c14-12-2-1-3-13(15)11(12)7-9(17)6-10-8-16-4-5-18-10/h1-3,10,16H,4-8H2. The van der Waals surface area contributed by atoms with E-state index < -0.39 is 0 Å². The Morgan fingerprint density at radius 3 is 2.72 bits per heavy atom. The Balaban J connectivity index is 1.94. The van der Waals surface area contributed by atoms with Crippen molar-refractivity contribution < 1.29 is 9.53 Å². The fraction of sp³-hybridized carbons (Fsp3) is 0.462. The molecule has 1 aromatic carbocycles. The predicted molar refractivity (Wildman–Crippen MR) is 72.4 cm³/mol. The van der Waals surface area contributed by atoms with Crippen LogP contribution in [0.25, 0.3) is 0 Å². The summed E-state index contributed by atoms with van der Waals surface area (Å²) in [5.74, 6) is 0.0960. The number of carbonyl (C=O) groups excluding carboxylic acids is 1. The van der Waals surface area contributed by atoms with Gasteiger partial charge in [-0.25, -0.2) is 0 Å². The van der Waals surface area contributed by atoms with Gasteiger partial charge in [0, 0.05) is 36.0 Å². The molecule has 0 aliphatic carbocycles. The van der Waals surface area contributed by atoms with Gasteiger partial charge in [0.2, 0.25) is 0 Å². The number of nitrogens with one attached hydrogen (secondary N) is 1. The lowest BCUT2D eigenvalue weighted by molar-refractivity contribution is -0.121. The summed E-state index contributed by atoms with van der Waals surface area (Å²) in [6, 6.07) is 5.26. The van der Waals surface area contributed by atoms with Gasteiger partial charge in [0.25, 0.3) is 0 Å². The molecule has 1 aliphatic heterocycles. The van der Waals surface area contributed by atoms with Crippen LogP contribution in [0, 0.1) is 0 Å². The number of carbonyl (C=O) groups is 1. The highest BCUT2D eigenvalue weighted by molar-refractivity contribution is 6.36. The smallest absolute Gasteiger partial charge is 0.140 e. The average molecular weight is 288 g/mol. The van der Waals surface area contributed by atoms with E-state index in [1.54, 1.807) is 18.2 Å². The first kappa shape index (κ1) is 13.8. The van der Waals surface area contributed by atoms with Crippen LogP contribution >= 0.6 is 23.2 Å². The first-order valence-corrected chi connectivity index (χ1v) is 6.69. The Morgan fingerprint density at radius 2 is 2.11 bits per heavy atom. The van der Waals surface area contributed by atoms with Crippen molar-refractivity contribution in [1.82, 2.24) is 5.32 Å². The SMILES string of the molecule is O=C(Cc1c(Cl)cccc1Cl)CC1CNCCO1. The molecule has 1 aliphatic rings. The fourth-order valence-electron chi connectivity index (χ4n) is 1.98. The van der Waals surface area contributed by atoms with E-state index in [0.717, 1.165) is 13.1 Å². The van der Waals surface area contributed by atoms with E-state index in [2.05, 4.69) is 5.32 Å². The van der Waals surface area contributed by atoms with Crippen LogP contribution in [0.1, 0.15) is 12.0 Å². The van der Waals surface area contributed by atoms with Crippen LogP contribution in [0.5, 0.6) is 0 Å². The van der Waals surface area contributed by atoms with Gasteiger partial charge in [-0.1, -0.05) is 29.3 Å². The molecule has 1 saturated heterocycles. The minimum Gasteiger partial charge on any atom is -0.375 e. The second-order valence-corrected chi connectivity index (χ2v) is 5.13. The maximum absolute atomic E-state index is 12.0. The zero-order chi connectivity index (χ0) is 13.0. The van der Waals surface area contributed by atoms with Crippen molar-refractivity contribution in [2.75, 3.05) is 19.7 Å². The molecule has 2 rings (SSSR count). The Kier molecular flexibility index (Phi) is 5.01. The molecule has 1 atom stereocenters. The molecule has 0 saturated carbocycles. The zero-order valence-corrected chi connectivity index (χ0v) is 11.4. The summed E-state index contributed by atoms with van der Waals surface area (Å²) in [6.07, 6.45) is 0.625. The summed E-state index contributed by atoms with van der Waals surface area (Å²) in [5.41, 5.74) is 0.703. The molecule has 0 amide bonds. The number of halogens is 2.